The summed E-state index contributed by atoms with van der Waals surface area (Å²) < 4.78 is 13.5. The molecule has 2 nitrogen and oxygen atoms in total. The minimum absolute atomic E-state index is 0.153. The molecular weight excluding hydrogens is 239 g/mol. The molecule has 2 fully saturated rings. The van der Waals surface area contributed by atoms with Crippen molar-refractivity contribution in [1.82, 2.24) is 4.90 Å². The molecule has 19 heavy (non-hydrogen) atoms. The third kappa shape index (κ3) is 2.92. The Kier molecular flexibility index (Phi) is 4.02. The highest BCUT2D eigenvalue weighted by Gasteiger charge is 2.34. The third-order valence-corrected chi connectivity index (χ3v) is 4.71. The van der Waals surface area contributed by atoms with E-state index in [-0.39, 0.29) is 5.82 Å². The molecule has 1 heterocycles. The van der Waals surface area contributed by atoms with E-state index in [1.165, 1.54) is 44.7 Å². The normalized spacial score (nSPS) is 27.2. The molecule has 1 aliphatic heterocycles. The van der Waals surface area contributed by atoms with Gasteiger partial charge in [0.15, 0.2) is 0 Å². The van der Waals surface area contributed by atoms with Crippen molar-refractivity contribution >= 4 is 5.69 Å². The van der Waals surface area contributed by atoms with Crippen molar-refractivity contribution in [2.45, 2.75) is 38.1 Å². The zero-order valence-electron chi connectivity index (χ0n) is 11.4. The van der Waals surface area contributed by atoms with Gasteiger partial charge in [-0.1, -0.05) is 25.0 Å². The number of nitrogens with zero attached hydrogens (tertiary/aromatic N) is 1. The molecule has 0 aromatic heterocycles. The quantitative estimate of drug-likeness (QED) is 0.893. The lowest BCUT2D eigenvalue weighted by molar-refractivity contribution is 0.188. The number of rotatable bonds is 4. The van der Waals surface area contributed by atoms with Gasteiger partial charge in [-0.05, 0) is 43.9 Å². The minimum Gasteiger partial charge on any atom is -0.381 e. The molecule has 2 atom stereocenters. The predicted octanol–water partition coefficient (Wildman–Crippen LogP) is 3.50. The summed E-state index contributed by atoms with van der Waals surface area (Å²) in [6.45, 7) is 3.11. The first-order chi connectivity index (χ1) is 9.34. The van der Waals surface area contributed by atoms with E-state index in [1.807, 2.05) is 12.1 Å². The molecule has 0 radical (unpaired) electrons. The summed E-state index contributed by atoms with van der Waals surface area (Å²) in [5, 5.41) is 3.22. The highest BCUT2D eigenvalue weighted by atomic mass is 19.1. The molecule has 1 saturated heterocycles. The lowest BCUT2D eigenvalue weighted by Gasteiger charge is -2.31. The van der Waals surface area contributed by atoms with E-state index in [0.717, 1.165) is 25.0 Å². The van der Waals surface area contributed by atoms with Crippen LogP contribution in [0.2, 0.25) is 0 Å². The maximum Gasteiger partial charge on any atom is 0.146 e. The van der Waals surface area contributed by atoms with Crippen molar-refractivity contribution in [3.63, 3.8) is 0 Å². The van der Waals surface area contributed by atoms with Crippen LogP contribution in [-0.4, -0.2) is 30.6 Å². The molecule has 2 unspecified atom stereocenters. The number of anilines is 1. The smallest absolute Gasteiger partial charge is 0.146 e. The standard InChI is InChI=1S/C16H23FN2/c17-14-6-2-3-7-15(14)18-10-12-19-11-9-13-5-1-4-8-16(13)19/h2-3,6-7,13,16,18H,1,4-5,8-12H2. The van der Waals surface area contributed by atoms with Gasteiger partial charge in [-0.15, -0.1) is 0 Å². The maximum atomic E-state index is 13.5. The number of likely N-dealkylation sites (tertiary alicyclic amines) is 1. The Morgan fingerprint density at radius 2 is 2.00 bits per heavy atom. The summed E-state index contributed by atoms with van der Waals surface area (Å²) in [5.74, 6) is 0.779. The molecule has 0 bridgehead atoms. The first kappa shape index (κ1) is 12.9. The van der Waals surface area contributed by atoms with Crippen LogP contribution in [-0.2, 0) is 0 Å². The molecule has 1 N–H and O–H groups in total. The van der Waals surface area contributed by atoms with Crippen molar-refractivity contribution in [3.05, 3.63) is 30.1 Å². The van der Waals surface area contributed by atoms with Gasteiger partial charge in [-0.25, -0.2) is 4.39 Å². The Hall–Kier alpha value is -1.09. The van der Waals surface area contributed by atoms with Gasteiger partial charge >= 0.3 is 0 Å². The number of hydrogen-bond donors (Lipinski definition) is 1. The van der Waals surface area contributed by atoms with E-state index in [9.17, 15) is 4.39 Å². The minimum atomic E-state index is -0.153. The molecule has 1 aliphatic carbocycles. The molecular formula is C16H23FN2. The molecule has 104 valence electrons. The monoisotopic (exact) mass is 262 g/mol. The van der Waals surface area contributed by atoms with E-state index in [1.54, 1.807) is 6.07 Å². The van der Waals surface area contributed by atoms with Crippen LogP contribution in [0.3, 0.4) is 0 Å². The van der Waals surface area contributed by atoms with Crippen LogP contribution < -0.4 is 5.32 Å². The van der Waals surface area contributed by atoms with Crippen LogP contribution >= 0.6 is 0 Å². The highest BCUT2D eigenvalue weighted by Crippen LogP contribution is 2.35. The summed E-state index contributed by atoms with van der Waals surface area (Å²) in [6, 6.07) is 7.72. The summed E-state index contributed by atoms with van der Waals surface area (Å²) in [7, 11) is 0. The largest absolute Gasteiger partial charge is 0.381 e. The zero-order valence-corrected chi connectivity index (χ0v) is 11.4. The fourth-order valence-corrected chi connectivity index (χ4v) is 3.72. The maximum absolute atomic E-state index is 13.5. The average molecular weight is 262 g/mol. The van der Waals surface area contributed by atoms with Crippen LogP contribution in [0.15, 0.2) is 24.3 Å². The molecule has 1 saturated carbocycles. The van der Waals surface area contributed by atoms with Gasteiger partial charge in [-0.3, -0.25) is 4.90 Å². The second-order valence-electron chi connectivity index (χ2n) is 5.84. The lowest BCUT2D eigenvalue weighted by Crippen LogP contribution is -2.37. The van der Waals surface area contributed by atoms with Crippen LogP contribution in [0.25, 0.3) is 0 Å². The third-order valence-electron chi connectivity index (χ3n) is 4.71. The molecule has 0 spiro atoms. The average Bonchev–Trinajstić information content (AvgIpc) is 2.85. The van der Waals surface area contributed by atoms with E-state index in [2.05, 4.69) is 10.2 Å². The summed E-state index contributed by atoms with van der Waals surface area (Å²) in [4.78, 5) is 2.61. The molecule has 3 heteroatoms. The topological polar surface area (TPSA) is 15.3 Å². The number of hydrogen-bond acceptors (Lipinski definition) is 2. The summed E-state index contributed by atoms with van der Waals surface area (Å²) in [5.41, 5.74) is 0.627. The Morgan fingerprint density at radius 1 is 1.16 bits per heavy atom. The number of benzene rings is 1. The van der Waals surface area contributed by atoms with Gasteiger partial charge < -0.3 is 5.32 Å². The molecule has 3 rings (SSSR count). The fraction of sp³-hybridized carbons (Fsp3) is 0.625. The second kappa shape index (κ2) is 5.91. The summed E-state index contributed by atoms with van der Waals surface area (Å²) in [6.07, 6.45) is 6.96. The van der Waals surface area contributed by atoms with Crippen LogP contribution in [0.4, 0.5) is 10.1 Å². The Labute approximate surface area is 115 Å². The van der Waals surface area contributed by atoms with E-state index in [4.69, 9.17) is 0 Å². The Bertz CT molecular complexity index is 421. The Morgan fingerprint density at radius 3 is 2.89 bits per heavy atom. The zero-order chi connectivity index (χ0) is 13.1. The van der Waals surface area contributed by atoms with Gasteiger partial charge in [0.1, 0.15) is 5.82 Å². The second-order valence-corrected chi connectivity index (χ2v) is 5.84. The number of para-hydroxylation sites is 1. The molecule has 1 aromatic rings. The van der Waals surface area contributed by atoms with Gasteiger partial charge in [0.05, 0.1) is 5.69 Å². The predicted molar refractivity (Wildman–Crippen MR) is 76.8 cm³/mol. The van der Waals surface area contributed by atoms with E-state index in [0.29, 0.717) is 5.69 Å². The van der Waals surface area contributed by atoms with Gasteiger partial charge in [-0.2, -0.15) is 0 Å². The van der Waals surface area contributed by atoms with Gasteiger partial charge in [0.2, 0.25) is 0 Å². The van der Waals surface area contributed by atoms with Crippen molar-refractivity contribution in [1.29, 1.82) is 0 Å². The molecule has 0 amide bonds. The van der Waals surface area contributed by atoms with E-state index < -0.39 is 0 Å². The number of nitrogens with one attached hydrogen (secondary N) is 1. The van der Waals surface area contributed by atoms with Gasteiger partial charge in [0.25, 0.3) is 0 Å². The van der Waals surface area contributed by atoms with Crippen molar-refractivity contribution in [3.8, 4) is 0 Å². The van der Waals surface area contributed by atoms with Gasteiger partial charge in [0, 0.05) is 19.1 Å². The first-order valence-electron chi connectivity index (χ1n) is 7.57. The number of fused-ring (bicyclic) bond motifs is 1. The fourth-order valence-electron chi connectivity index (χ4n) is 3.72. The molecule has 2 aliphatic rings. The van der Waals surface area contributed by atoms with Crippen LogP contribution in [0.1, 0.15) is 32.1 Å². The Balaban J connectivity index is 1.49. The highest BCUT2D eigenvalue weighted by molar-refractivity contribution is 5.44. The lowest BCUT2D eigenvalue weighted by atomic mass is 9.85. The number of halogens is 1. The van der Waals surface area contributed by atoms with Crippen molar-refractivity contribution < 1.29 is 4.39 Å². The van der Waals surface area contributed by atoms with Crippen molar-refractivity contribution in [2.75, 3.05) is 25.0 Å². The molecule has 1 aromatic carbocycles. The SMILES string of the molecule is Fc1ccccc1NCCN1CCC2CCCCC21. The van der Waals surface area contributed by atoms with Crippen LogP contribution in [0.5, 0.6) is 0 Å². The van der Waals surface area contributed by atoms with E-state index >= 15 is 0 Å². The first-order valence-corrected chi connectivity index (χ1v) is 7.57. The van der Waals surface area contributed by atoms with Crippen molar-refractivity contribution in [2.24, 2.45) is 5.92 Å². The summed E-state index contributed by atoms with van der Waals surface area (Å²) >= 11 is 0. The van der Waals surface area contributed by atoms with Crippen LogP contribution in [0, 0.1) is 11.7 Å².